The Labute approximate surface area is 220 Å². The number of piperazine rings is 1. The Morgan fingerprint density at radius 1 is 0.947 bits per heavy atom. The number of carboxylic acids is 1. The van der Waals surface area contributed by atoms with Crippen LogP contribution in [-0.4, -0.2) is 65.5 Å². The Bertz CT molecular complexity index is 1530. The standard InChI is InChI=1S/C30H30N4O4/c1-33-14-16-34(17-15-33)24-10-8-23(9-11-24)31-19-27-26-18-22(7-12-25(26)29(37)32-30(27)38)21-5-2-20(3-6-21)4-13-28(35)36/h2-3,5-12,18-19H,4,13-17H2,1H3,(H,35,36)(H2,32,37,38). The Morgan fingerprint density at radius 3 is 2.32 bits per heavy atom. The minimum absolute atomic E-state index is 0.0820. The summed E-state index contributed by atoms with van der Waals surface area (Å²) in [6.45, 7) is 4.05. The maximum absolute atomic E-state index is 12.5. The highest BCUT2D eigenvalue weighted by Crippen LogP contribution is 2.28. The van der Waals surface area contributed by atoms with Crippen molar-refractivity contribution in [1.82, 2.24) is 9.88 Å². The number of carboxylic acid groups (broad SMARTS) is 1. The second-order valence-electron chi connectivity index (χ2n) is 9.63. The van der Waals surface area contributed by atoms with Crippen LogP contribution in [0.4, 0.5) is 11.4 Å². The third-order valence-electron chi connectivity index (χ3n) is 7.02. The lowest BCUT2D eigenvalue weighted by molar-refractivity contribution is -0.136. The number of aliphatic imine (C=N–C) groups is 1. The largest absolute Gasteiger partial charge is 0.494 e. The summed E-state index contributed by atoms with van der Waals surface area (Å²) in [6.07, 6.45) is 2.13. The van der Waals surface area contributed by atoms with Crippen LogP contribution in [0.1, 0.15) is 17.5 Å². The van der Waals surface area contributed by atoms with Crippen molar-refractivity contribution >= 4 is 34.3 Å². The summed E-state index contributed by atoms with van der Waals surface area (Å²) in [7, 11) is 2.13. The zero-order chi connectivity index (χ0) is 26.6. The van der Waals surface area contributed by atoms with E-state index in [0.717, 1.165) is 54.2 Å². The van der Waals surface area contributed by atoms with Crippen molar-refractivity contribution in [2.24, 2.45) is 4.99 Å². The number of benzene rings is 3. The summed E-state index contributed by atoms with van der Waals surface area (Å²) >= 11 is 0. The van der Waals surface area contributed by atoms with Crippen LogP contribution in [0.15, 0.2) is 76.5 Å². The summed E-state index contributed by atoms with van der Waals surface area (Å²) in [5.41, 5.74) is 4.70. The Balaban J connectivity index is 1.42. The summed E-state index contributed by atoms with van der Waals surface area (Å²) < 4.78 is 0. The van der Waals surface area contributed by atoms with E-state index in [1.54, 1.807) is 12.3 Å². The molecule has 0 unspecified atom stereocenters. The Kier molecular flexibility index (Phi) is 7.24. The van der Waals surface area contributed by atoms with Gasteiger partial charge in [0.15, 0.2) is 0 Å². The number of rotatable bonds is 7. The molecule has 3 aromatic carbocycles. The number of pyridine rings is 1. The first-order valence-electron chi connectivity index (χ1n) is 12.6. The second-order valence-corrected chi connectivity index (χ2v) is 9.63. The maximum Gasteiger partial charge on any atom is 0.303 e. The van der Waals surface area contributed by atoms with Crippen molar-refractivity contribution in [3.8, 4) is 17.0 Å². The van der Waals surface area contributed by atoms with Gasteiger partial charge in [-0.25, -0.2) is 0 Å². The van der Waals surface area contributed by atoms with E-state index in [4.69, 9.17) is 5.11 Å². The second kappa shape index (κ2) is 10.9. The number of aryl methyl sites for hydroxylation is 1. The minimum Gasteiger partial charge on any atom is -0.494 e. The molecule has 0 saturated carbocycles. The number of hydrogen-bond donors (Lipinski definition) is 3. The Morgan fingerprint density at radius 2 is 1.63 bits per heavy atom. The molecule has 8 nitrogen and oxygen atoms in total. The van der Waals surface area contributed by atoms with Crippen LogP contribution in [0.3, 0.4) is 0 Å². The molecule has 5 rings (SSSR count). The molecular weight excluding hydrogens is 480 g/mol. The van der Waals surface area contributed by atoms with Crippen molar-refractivity contribution in [2.45, 2.75) is 12.8 Å². The van der Waals surface area contributed by atoms with Gasteiger partial charge in [0.2, 0.25) is 5.88 Å². The molecule has 1 aromatic heterocycles. The van der Waals surface area contributed by atoms with Crippen molar-refractivity contribution in [3.63, 3.8) is 0 Å². The summed E-state index contributed by atoms with van der Waals surface area (Å²) in [6, 6.07) is 21.2. The number of nitrogens with zero attached hydrogens (tertiary/aromatic N) is 3. The van der Waals surface area contributed by atoms with Gasteiger partial charge in [-0.2, -0.15) is 0 Å². The van der Waals surface area contributed by atoms with Crippen molar-refractivity contribution in [3.05, 3.63) is 88.2 Å². The van der Waals surface area contributed by atoms with E-state index in [1.165, 1.54) is 0 Å². The van der Waals surface area contributed by atoms with E-state index < -0.39 is 5.97 Å². The average molecular weight is 511 g/mol. The SMILES string of the molecule is CN1CCN(c2ccc(N=Cc3c(O)[nH]c(=O)c4ccc(-c5ccc(CCC(=O)O)cc5)cc34)cc2)CC1. The van der Waals surface area contributed by atoms with Gasteiger partial charge in [0.05, 0.1) is 11.3 Å². The highest BCUT2D eigenvalue weighted by Gasteiger charge is 2.14. The fraction of sp³-hybridized carbons (Fsp3) is 0.233. The van der Waals surface area contributed by atoms with Gasteiger partial charge >= 0.3 is 5.97 Å². The normalized spacial score (nSPS) is 14.4. The monoisotopic (exact) mass is 510 g/mol. The number of aromatic amines is 1. The van der Waals surface area contributed by atoms with Gasteiger partial charge in [-0.1, -0.05) is 30.3 Å². The van der Waals surface area contributed by atoms with Gasteiger partial charge in [0.25, 0.3) is 5.56 Å². The van der Waals surface area contributed by atoms with Crippen LogP contribution in [-0.2, 0) is 11.2 Å². The summed E-state index contributed by atoms with van der Waals surface area (Å²) in [5.74, 6) is -1.06. The van der Waals surface area contributed by atoms with E-state index in [9.17, 15) is 14.7 Å². The highest BCUT2D eigenvalue weighted by atomic mass is 16.4. The lowest BCUT2D eigenvalue weighted by atomic mass is 9.98. The van der Waals surface area contributed by atoms with Crippen LogP contribution >= 0.6 is 0 Å². The first-order valence-corrected chi connectivity index (χ1v) is 12.6. The number of nitrogens with one attached hydrogen (secondary N) is 1. The van der Waals surface area contributed by atoms with Crippen molar-refractivity contribution in [2.75, 3.05) is 38.1 Å². The zero-order valence-electron chi connectivity index (χ0n) is 21.2. The quantitative estimate of drug-likeness (QED) is 0.318. The number of aromatic nitrogens is 1. The maximum atomic E-state index is 12.5. The first-order chi connectivity index (χ1) is 18.4. The number of hydrogen-bond acceptors (Lipinski definition) is 6. The summed E-state index contributed by atoms with van der Waals surface area (Å²) in [4.78, 5) is 35.2. The zero-order valence-corrected chi connectivity index (χ0v) is 21.2. The predicted octanol–water partition coefficient (Wildman–Crippen LogP) is 4.42. The van der Waals surface area contributed by atoms with Gasteiger partial charge in [-0.05, 0) is 66.6 Å². The molecule has 8 heteroatoms. The van der Waals surface area contributed by atoms with Crippen LogP contribution in [0.5, 0.6) is 5.88 Å². The topological polar surface area (TPSA) is 109 Å². The molecule has 4 aromatic rings. The van der Waals surface area contributed by atoms with Gasteiger partial charge in [-0.3, -0.25) is 19.6 Å². The minimum atomic E-state index is -0.825. The first kappa shape index (κ1) is 25.2. The molecule has 0 bridgehead atoms. The van der Waals surface area contributed by atoms with Crippen molar-refractivity contribution in [1.29, 1.82) is 0 Å². The molecule has 194 valence electrons. The van der Waals surface area contributed by atoms with E-state index in [-0.39, 0.29) is 17.9 Å². The number of anilines is 1. The Hall–Kier alpha value is -4.43. The summed E-state index contributed by atoms with van der Waals surface area (Å²) in [5, 5.41) is 20.6. The van der Waals surface area contributed by atoms with Crippen LogP contribution in [0.2, 0.25) is 0 Å². The van der Waals surface area contributed by atoms with Crippen LogP contribution in [0, 0.1) is 0 Å². The number of aliphatic carboxylic acids is 1. The number of aromatic hydroxyl groups is 1. The molecule has 0 atom stereocenters. The van der Waals surface area contributed by atoms with Crippen LogP contribution < -0.4 is 10.5 Å². The molecular formula is C30H30N4O4. The average Bonchev–Trinajstić information content (AvgIpc) is 2.92. The number of H-pyrrole nitrogens is 1. The molecule has 2 heterocycles. The third kappa shape index (κ3) is 5.60. The molecule has 1 aliphatic rings. The lowest BCUT2D eigenvalue weighted by Crippen LogP contribution is -2.44. The van der Waals surface area contributed by atoms with Gasteiger partial charge in [0, 0.05) is 55.3 Å². The van der Waals surface area contributed by atoms with Gasteiger partial charge in [0.1, 0.15) is 0 Å². The van der Waals surface area contributed by atoms with Gasteiger partial charge < -0.3 is 20.0 Å². The molecule has 38 heavy (non-hydrogen) atoms. The van der Waals surface area contributed by atoms with Gasteiger partial charge in [-0.15, -0.1) is 0 Å². The fourth-order valence-corrected chi connectivity index (χ4v) is 4.71. The number of likely N-dealkylation sites (N-methyl/N-ethyl adjacent to an activating group) is 1. The molecule has 1 saturated heterocycles. The van der Waals surface area contributed by atoms with E-state index >= 15 is 0 Å². The molecule has 0 amide bonds. The highest BCUT2D eigenvalue weighted by molar-refractivity contribution is 6.03. The predicted molar refractivity (Wildman–Crippen MR) is 151 cm³/mol. The lowest BCUT2D eigenvalue weighted by Gasteiger charge is -2.34. The molecule has 0 radical (unpaired) electrons. The molecule has 1 fully saturated rings. The van der Waals surface area contributed by atoms with E-state index in [1.807, 2.05) is 48.5 Å². The van der Waals surface area contributed by atoms with Crippen LogP contribution in [0.25, 0.3) is 21.9 Å². The van der Waals surface area contributed by atoms with E-state index in [0.29, 0.717) is 22.8 Å². The molecule has 0 spiro atoms. The van der Waals surface area contributed by atoms with E-state index in [2.05, 4.69) is 39.0 Å². The smallest absolute Gasteiger partial charge is 0.303 e. The third-order valence-corrected chi connectivity index (χ3v) is 7.02. The fourth-order valence-electron chi connectivity index (χ4n) is 4.71. The molecule has 0 aliphatic carbocycles. The molecule has 3 N–H and O–H groups in total. The number of carbonyl (C=O) groups is 1. The molecule has 1 aliphatic heterocycles. The van der Waals surface area contributed by atoms with Crippen molar-refractivity contribution < 1.29 is 15.0 Å². The number of fused-ring (bicyclic) bond motifs is 1.